The van der Waals surface area contributed by atoms with Gasteiger partial charge < -0.3 is 10.1 Å². The Morgan fingerprint density at radius 1 is 1.33 bits per heavy atom. The molecular formula is C18H18ClN5O2S. The number of carbonyl (C=O) groups is 1. The van der Waals surface area contributed by atoms with Crippen molar-refractivity contribution in [2.24, 2.45) is 0 Å². The Hall–Kier alpha value is -2.37. The molecule has 7 nitrogen and oxygen atoms in total. The fourth-order valence-corrected chi connectivity index (χ4v) is 3.39. The number of hydrogen-bond donors (Lipinski definition) is 1. The molecule has 1 aliphatic carbocycles. The highest BCUT2D eigenvalue weighted by Gasteiger charge is 2.24. The molecule has 1 N–H and O–H groups in total. The lowest BCUT2D eigenvalue weighted by molar-refractivity contribution is 0.0887. The van der Waals surface area contributed by atoms with Crippen LogP contribution in [0.25, 0.3) is 0 Å². The summed E-state index contributed by atoms with van der Waals surface area (Å²) in [6.45, 7) is 0. The van der Waals surface area contributed by atoms with Gasteiger partial charge in [0.2, 0.25) is 5.16 Å². The summed E-state index contributed by atoms with van der Waals surface area (Å²) in [5, 5.41) is 20.6. The van der Waals surface area contributed by atoms with Crippen LogP contribution in [-0.4, -0.2) is 39.5 Å². The van der Waals surface area contributed by atoms with Gasteiger partial charge in [-0.05, 0) is 44.1 Å². The van der Waals surface area contributed by atoms with Gasteiger partial charge in [-0.1, -0.05) is 23.4 Å². The maximum Gasteiger partial charge on any atom is 0.273 e. The van der Waals surface area contributed by atoms with Crippen LogP contribution in [0.2, 0.25) is 5.02 Å². The van der Waals surface area contributed by atoms with E-state index in [0.29, 0.717) is 21.5 Å². The molecular weight excluding hydrogens is 386 g/mol. The van der Waals surface area contributed by atoms with Gasteiger partial charge in [-0.25, -0.2) is 4.98 Å². The molecule has 1 heterocycles. The van der Waals surface area contributed by atoms with E-state index in [1.54, 1.807) is 18.2 Å². The number of amides is 1. The molecule has 1 amide bonds. The molecule has 3 rings (SSSR count). The molecule has 27 heavy (non-hydrogen) atoms. The molecule has 0 unspecified atom stereocenters. The minimum Gasteiger partial charge on any atom is -0.490 e. The molecule has 0 atom stereocenters. The zero-order chi connectivity index (χ0) is 19.2. The van der Waals surface area contributed by atoms with Crippen molar-refractivity contribution in [3.8, 4) is 11.8 Å². The molecule has 0 bridgehead atoms. The van der Waals surface area contributed by atoms with Crippen LogP contribution in [0.15, 0.2) is 29.6 Å². The number of benzene rings is 1. The summed E-state index contributed by atoms with van der Waals surface area (Å²) in [6.07, 6.45) is 6.61. The second kappa shape index (κ2) is 9.02. The Kier molecular flexibility index (Phi) is 6.48. The summed E-state index contributed by atoms with van der Waals surface area (Å²) in [4.78, 5) is 16.3. The van der Waals surface area contributed by atoms with Crippen molar-refractivity contribution in [1.29, 1.82) is 5.26 Å². The summed E-state index contributed by atoms with van der Waals surface area (Å²) in [5.41, 5.74) is 0.650. The number of aromatic nitrogens is 3. The van der Waals surface area contributed by atoms with E-state index in [0.717, 1.165) is 25.7 Å². The lowest BCUT2D eigenvalue weighted by Gasteiger charge is -2.29. The number of nitrogens with one attached hydrogen (secondary N) is 1. The first kappa shape index (κ1) is 19.4. The van der Waals surface area contributed by atoms with Gasteiger partial charge >= 0.3 is 0 Å². The monoisotopic (exact) mass is 403 g/mol. The first-order valence-corrected chi connectivity index (χ1v) is 10.1. The van der Waals surface area contributed by atoms with Crippen molar-refractivity contribution in [3.63, 3.8) is 0 Å². The highest BCUT2D eigenvalue weighted by molar-refractivity contribution is 7.98. The molecule has 2 aromatic rings. The highest BCUT2D eigenvalue weighted by Crippen LogP contribution is 2.27. The lowest BCUT2D eigenvalue weighted by Crippen LogP contribution is -2.40. The lowest BCUT2D eigenvalue weighted by atomic mass is 9.93. The fourth-order valence-electron chi connectivity index (χ4n) is 2.90. The van der Waals surface area contributed by atoms with Crippen molar-refractivity contribution in [2.75, 3.05) is 6.26 Å². The zero-order valence-electron chi connectivity index (χ0n) is 14.7. The maximum atomic E-state index is 12.3. The largest absolute Gasteiger partial charge is 0.490 e. The Bertz CT molecular complexity index is 848. The number of rotatable bonds is 5. The van der Waals surface area contributed by atoms with E-state index in [9.17, 15) is 4.79 Å². The van der Waals surface area contributed by atoms with Gasteiger partial charge in [-0.15, -0.1) is 10.2 Å². The number of carbonyl (C=O) groups excluding carboxylic acids is 1. The number of hydrogen-bond acceptors (Lipinski definition) is 7. The van der Waals surface area contributed by atoms with Gasteiger partial charge in [-0.2, -0.15) is 5.26 Å². The molecule has 0 radical (unpaired) electrons. The molecule has 0 saturated heterocycles. The third-order valence-corrected chi connectivity index (χ3v) is 5.19. The quantitative estimate of drug-likeness (QED) is 0.764. The molecule has 0 spiro atoms. The maximum absolute atomic E-state index is 12.3. The van der Waals surface area contributed by atoms with Crippen LogP contribution in [0.3, 0.4) is 0 Å². The van der Waals surface area contributed by atoms with Crippen molar-refractivity contribution in [1.82, 2.24) is 20.5 Å². The van der Waals surface area contributed by atoms with Gasteiger partial charge in [0, 0.05) is 12.1 Å². The summed E-state index contributed by atoms with van der Waals surface area (Å²) in [5.74, 6) is 0.396. The smallest absolute Gasteiger partial charge is 0.273 e. The minimum atomic E-state index is -0.258. The number of nitrogens with zero attached hydrogens (tertiary/aromatic N) is 4. The topological polar surface area (TPSA) is 101 Å². The van der Waals surface area contributed by atoms with Crippen LogP contribution in [0, 0.1) is 11.3 Å². The standard InChI is InChI=1S/C18H18ClN5O2S/c1-27-18-21-10-16(23-24-18)17(25)22-12-3-6-13(7-4-12)26-14-5-2-11(9-20)15(19)8-14/h2,5,8,10,12-13H,3-4,6-7H2,1H3,(H,22,25). The predicted octanol–water partition coefficient (Wildman–Crippen LogP) is 3.24. The average Bonchev–Trinajstić information content (AvgIpc) is 2.69. The number of halogens is 1. The average molecular weight is 404 g/mol. The highest BCUT2D eigenvalue weighted by atomic mass is 35.5. The van der Waals surface area contributed by atoms with Crippen LogP contribution in [0.4, 0.5) is 0 Å². The molecule has 0 aliphatic heterocycles. The van der Waals surface area contributed by atoms with E-state index in [-0.39, 0.29) is 23.7 Å². The van der Waals surface area contributed by atoms with Crippen molar-refractivity contribution < 1.29 is 9.53 Å². The number of nitriles is 1. The third-order valence-electron chi connectivity index (χ3n) is 4.33. The van der Waals surface area contributed by atoms with Gasteiger partial charge in [-0.3, -0.25) is 4.79 Å². The minimum absolute atomic E-state index is 0.0597. The first-order valence-electron chi connectivity index (χ1n) is 8.50. The Labute approximate surface area is 166 Å². The number of thioether (sulfide) groups is 1. The molecule has 1 fully saturated rings. The first-order chi connectivity index (χ1) is 13.1. The summed E-state index contributed by atoms with van der Waals surface area (Å²) in [6, 6.07) is 7.17. The Morgan fingerprint density at radius 2 is 2.11 bits per heavy atom. The second-order valence-corrected chi connectivity index (χ2v) is 7.33. The molecule has 1 aromatic carbocycles. The third kappa shape index (κ3) is 5.08. The van der Waals surface area contributed by atoms with Crippen molar-refractivity contribution in [2.45, 2.75) is 43.0 Å². The predicted molar refractivity (Wildman–Crippen MR) is 102 cm³/mol. The normalized spacial score (nSPS) is 19.1. The zero-order valence-corrected chi connectivity index (χ0v) is 16.3. The van der Waals surface area contributed by atoms with Gasteiger partial charge in [0.25, 0.3) is 5.91 Å². The van der Waals surface area contributed by atoms with E-state index in [2.05, 4.69) is 20.5 Å². The van der Waals surface area contributed by atoms with E-state index in [1.807, 2.05) is 12.3 Å². The molecule has 1 saturated carbocycles. The SMILES string of the molecule is CSc1ncc(C(=O)NC2CCC(Oc3ccc(C#N)c(Cl)c3)CC2)nn1. The molecule has 1 aromatic heterocycles. The van der Waals surface area contributed by atoms with Crippen molar-refractivity contribution in [3.05, 3.63) is 40.7 Å². The van der Waals surface area contributed by atoms with Crippen LogP contribution < -0.4 is 10.1 Å². The Balaban J connectivity index is 1.49. The van der Waals surface area contributed by atoms with E-state index in [4.69, 9.17) is 21.6 Å². The van der Waals surface area contributed by atoms with Crippen LogP contribution >= 0.6 is 23.4 Å². The molecule has 1 aliphatic rings. The van der Waals surface area contributed by atoms with Gasteiger partial charge in [0.15, 0.2) is 5.69 Å². The molecule has 9 heteroatoms. The second-order valence-electron chi connectivity index (χ2n) is 6.15. The van der Waals surface area contributed by atoms with Crippen LogP contribution in [-0.2, 0) is 0 Å². The molecule has 140 valence electrons. The summed E-state index contributed by atoms with van der Waals surface area (Å²) in [7, 11) is 0. The van der Waals surface area contributed by atoms with E-state index in [1.165, 1.54) is 18.0 Å². The van der Waals surface area contributed by atoms with Crippen LogP contribution in [0.5, 0.6) is 5.75 Å². The van der Waals surface area contributed by atoms with E-state index < -0.39 is 0 Å². The van der Waals surface area contributed by atoms with Gasteiger partial charge in [0.05, 0.1) is 22.9 Å². The number of ether oxygens (including phenoxy) is 1. The van der Waals surface area contributed by atoms with E-state index >= 15 is 0 Å². The van der Waals surface area contributed by atoms with Crippen molar-refractivity contribution >= 4 is 29.3 Å². The summed E-state index contributed by atoms with van der Waals surface area (Å²) < 4.78 is 5.96. The fraction of sp³-hybridized carbons (Fsp3) is 0.389. The Morgan fingerprint density at radius 3 is 2.70 bits per heavy atom. The van der Waals surface area contributed by atoms with Crippen LogP contribution in [0.1, 0.15) is 41.7 Å². The van der Waals surface area contributed by atoms with Gasteiger partial charge in [0.1, 0.15) is 11.8 Å². The summed E-state index contributed by atoms with van der Waals surface area (Å²) >= 11 is 7.41.